The molecule has 1 aromatic heterocycles. The number of amides is 2. The molecule has 0 bridgehead atoms. The molecule has 2 amide bonds. The third kappa shape index (κ3) is 4.10. The van der Waals surface area contributed by atoms with E-state index in [1.165, 1.54) is 9.88 Å². The molecule has 0 N–H and O–H groups in total. The van der Waals surface area contributed by atoms with Gasteiger partial charge in [0, 0.05) is 56.0 Å². The van der Waals surface area contributed by atoms with Crippen molar-refractivity contribution in [2.75, 3.05) is 26.2 Å². The molecule has 3 rings (SSSR count). The first-order valence-electron chi connectivity index (χ1n) is 8.61. The summed E-state index contributed by atoms with van der Waals surface area (Å²) in [5.74, 6) is 0.871. The predicted octanol–water partition coefficient (Wildman–Crippen LogP) is 2.56. The van der Waals surface area contributed by atoms with Gasteiger partial charge in [0.1, 0.15) is 0 Å². The number of thiazole rings is 1. The van der Waals surface area contributed by atoms with Gasteiger partial charge in [-0.15, -0.1) is 11.3 Å². The van der Waals surface area contributed by atoms with Crippen LogP contribution in [0.4, 0.5) is 0 Å². The number of aromatic nitrogens is 1. The molecule has 1 aromatic rings. The van der Waals surface area contributed by atoms with Crippen LogP contribution in [0.15, 0.2) is 6.20 Å². The van der Waals surface area contributed by atoms with Gasteiger partial charge in [0.2, 0.25) is 11.8 Å². The molecule has 3 heterocycles. The third-order valence-electron chi connectivity index (χ3n) is 4.75. The zero-order valence-corrected chi connectivity index (χ0v) is 14.6. The molecular formula is C17H25N3O2S. The molecular weight excluding hydrogens is 310 g/mol. The number of carbonyl (C=O) groups excluding carboxylic acids is 2. The van der Waals surface area contributed by atoms with E-state index in [9.17, 15) is 9.59 Å². The standard InChI is InChI=1S/C17H25N3O2S/c1-13-11-18-17(23-13)14-5-2-10-20(12-14)16(22)7-4-9-19-8-3-6-15(19)21/h11,14H,2-10,12H2,1H3/t14-/m1/s1. The van der Waals surface area contributed by atoms with E-state index < -0.39 is 0 Å². The van der Waals surface area contributed by atoms with Gasteiger partial charge < -0.3 is 9.80 Å². The fourth-order valence-corrected chi connectivity index (χ4v) is 4.39. The molecule has 2 saturated heterocycles. The molecule has 0 spiro atoms. The molecule has 2 fully saturated rings. The second-order valence-corrected chi connectivity index (χ2v) is 7.84. The number of hydrogen-bond donors (Lipinski definition) is 0. The summed E-state index contributed by atoms with van der Waals surface area (Å²) in [4.78, 5) is 33.6. The summed E-state index contributed by atoms with van der Waals surface area (Å²) in [5, 5.41) is 1.17. The van der Waals surface area contributed by atoms with Crippen LogP contribution in [0.2, 0.25) is 0 Å². The Bertz CT molecular complexity index is 572. The van der Waals surface area contributed by atoms with Crippen LogP contribution in [-0.2, 0) is 9.59 Å². The van der Waals surface area contributed by atoms with Gasteiger partial charge in [-0.25, -0.2) is 4.98 Å². The van der Waals surface area contributed by atoms with Crippen molar-refractivity contribution in [3.05, 3.63) is 16.1 Å². The lowest BCUT2D eigenvalue weighted by Crippen LogP contribution is -2.39. The van der Waals surface area contributed by atoms with E-state index in [1.807, 2.05) is 16.0 Å². The Balaban J connectivity index is 1.46. The van der Waals surface area contributed by atoms with Gasteiger partial charge in [-0.05, 0) is 32.6 Å². The normalized spacial score (nSPS) is 22.0. The average molecular weight is 335 g/mol. The van der Waals surface area contributed by atoms with Crippen LogP contribution < -0.4 is 0 Å². The van der Waals surface area contributed by atoms with Crippen LogP contribution >= 0.6 is 11.3 Å². The van der Waals surface area contributed by atoms with E-state index in [2.05, 4.69) is 11.9 Å². The Labute approximate surface area is 141 Å². The first kappa shape index (κ1) is 16.4. The smallest absolute Gasteiger partial charge is 0.222 e. The fourth-order valence-electron chi connectivity index (χ4n) is 3.49. The lowest BCUT2D eigenvalue weighted by molar-refractivity contribution is -0.133. The monoisotopic (exact) mass is 335 g/mol. The summed E-state index contributed by atoms with van der Waals surface area (Å²) in [6.07, 6.45) is 7.07. The molecule has 2 aliphatic heterocycles. The Morgan fingerprint density at radius 3 is 2.96 bits per heavy atom. The minimum atomic E-state index is 0.231. The van der Waals surface area contributed by atoms with Crippen molar-refractivity contribution in [3.63, 3.8) is 0 Å². The minimum Gasteiger partial charge on any atom is -0.343 e. The molecule has 0 unspecified atom stereocenters. The van der Waals surface area contributed by atoms with Crippen molar-refractivity contribution < 1.29 is 9.59 Å². The predicted molar refractivity (Wildman–Crippen MR) is 90.5 cm³/mol. The highest BCUT2D eigenvalue weighted by atomic mass is 32.1. The number of rotatable bonds is 5. The van der Waals surface area contributed by atoms with E-state index in [-0.39, 0.29) is 11.8 Å². The van der Waals surface area contributed by atoms with Gasteiger partial charge in [0.15, 0.2) is 0 Å². The quantitative estimate of drug-likeness (QED) is 0.831. The Morgan fingerprint density at radius 2 is 2.26 bits per heavy atom. The van der Waals surface area contributed by atoms with Gasteiger partial charge in [-0.2, -0.15) is 0 Å². The maximum absolute atomic E-state index is 12.4. The highest BCUT2D eigenvalue weighted by molar-refractivity contribution is 7.11. The number of piperidine rings is 1. The van der Waals surface area contributed by atoms with Gasteiger partial charge in [-0.3, -0.25) is 9.59 Å². The number of nitrogens with zero attached hydrogens (tertiary/aromatic N) is 3. The maximum Gasteiger partial charge on any atom is 0.222 e. The number of carbonyl (C=O) groups is 2. The molecule has 0 radical (unpaired) electrons. The highest BCUT2D eigenvalue weighted by Crippen LogP contribution is 2.30. The summed E-state index contributed by atoms with van der Waals surface area (Å²) < 4.78 is 0. The zero-order chi connectivity index (χ0) is 16.2. The molecule has 6 heteroatoms. The van der Waals surface area contributed by atoms with Crippen molar-refractivity contribution in [2.24, 2.45) is 0 Å². The average Bonchev–Trinajstić information content (AvgIpc) is 3.16. The zero-order valence-electron chi connectivity index (χ0n) is 13.8. The van der Waals surface area contributed by atoms with Crippen LogP contribution in [0.25, 0.3) is 0 Å². The molecule has 2 aliphatic rings. The SMILES string of the molecule is Cc1cnc([C@@H]2CCCN(C(=O)CCCN3CCCC3=O)C2)s1. The molecule has 0 saturated carbocycles. The van der Waals surface area contributed by atoms with Gasteiger partial charge in [0.05, 0.1) is 5.01 Å². The lowest BCUT2D eigenvalue weighted by Gasteiger charge is -2.32. The topological polar surface area (TPSA) is 53.5 Å². The van der Waals surface area contributed by atoms with Crippen LogP contribution in [0.1, 0.15) is 54.3 Å². The molecule has 0 aliphatic carbocycles. The maximum atomic E-state index is 12.4. The van der Waals surface area contributed by atoms with E-state index in [0.29, 0.717) is 18.8 Å². The van der Waals surface area contributed by atoms with Gasteiger partial charge in [-0.1, -0.05) is 0 Å². The molecule has 0 aromatic carbocycles. The van der Waals surface area contributed by atoms with E-state index in [4.69, 9.17) is 0 Å². The Hall–Kier alpha value is -1.43. The summed E-state index contributed by atoms with van der Waals surface area (Å²) >= 11 is 1.75. The van der Waals surface area contributed by atoms with Gasteiger partial charge in [0.25, 0.3) is 0 Å². The van der Waals surface area contributed by atoms with Crippen LogP contribution in [-0.4, -0.2) is 52.8 Å². The number of hydrogen-bond acceptors (Lipinski definition) is 4. The molecule has 5 nitrogen and oxygen atoms in total. The van der Waals surface area contributed by atoms with Crippen LogP contribution in [0.3, 0.4) is 0 Å². The second kappa shape index (κ2) is 7.43. The van der Waals surface area contributed by atoms with Gasteiger partial charge >= 0.3 is 0 Å². The first-order chi connectivity index (χ1) is 11.1. The van der Waals surface area contributed by atoms with E-state index >= 15 is 0 Å². The van der Waals surface area contributed by atoms with E-state index in [0.717, 1.165) is 51.9 Å². The minimum absolute atomic E-state index is 0.231. The third-order valence-corrected chi connectivity index (χ3v) is 5.83. The first-order valence-corrected chi connectivity index (χ1v) is 9.43. The summed E-state index contributed by atoms with van der Waals surface area (Å²) in [6, 6.07) is 0. The Kier molecular flexibility index (Phi) is 5.30. The van der Waals surface area contributed by atoms with Crippen molar-refractivity contribution in [2.45, 2.75) is 51.4 Å². The van der Waals surface area contributed by atoms with Crippen molar-refractivity contribution in [3.8, 4) is 0 Å². The van der Waals surface area contributed by atoms with Crippen LogP contribution in [0, 0.1) is 6.92 Å². The fraction of sp³-hybridized carbons (Fsp3) is 0.706. The largest absolute Gasteiger partial charge is 0.343 e. The summed E-state index contributed by atoms with van der Waals surface area (Å²) in [5.41, 5.74) is 0. The summed E-state index contributed by atoms with van der Waals surface area (Å²) in [6.45, 7) is 5.33. The van der Waals surface area contributed by atoms with Crippen LogP contribution in [0.5, 0.6) is 0 Å². The lowest BCUT2D eigenvalue weighted by atomic mass is 9.98. The number of aryl methyl sites for hydroxylation is 1. The van der Waals surface area contributed by atoms with E-state index in [1.54, 1.807) is 11.3 Å². The highest BCUT2D eigenvalue weighted by Gasteiger charge is 2.26. The molecule has 23 heavy (non-hydrogen) atoms. The molecule has 1 atom stereocenters. The van der Waals surface area contributed by atoms with Crippen molar-refractivity contribution in [1.29, 1.82) is 0 Å². The molecule has 126 valence electrons. The summed E-state index contributed by atoms with van der Waals surface area (Å²) in [7, 11) is 0. The van der Waals surface area contributed by atoms with Crippen molar-refractivity contribution in [1.82, 2.24) is 14.8 Å². The second-order valence-electron chi connectivity index (χ2n) is 6.58. The number of likely N-dealkylation sites (tertiary alicyclic amines) is 2. The van der Waals surface area contributed by atoms with Crippen molar-refractivity contribution >= 4 is 23.2 Å². The Morgan fingerprint density at radius 1 is 1.39 bits per heavy atom.